The monoisotopic (exact) mass is 475 g/mol. The molecule has 0 atom stereocenters. The molecule has 0 saturated heterocycles. The molecule has 0 radical (unpaired) electrons. The quantitative estimate of drug-likeness (QED) is 0.481. The number of hydrogen-bond acceptors (Lipinski definition) is 4. The van der Waals surface area contributed by atoms with Gasteiger partial charge in [0.15, 0.2) is 0 Å². The van der Waals surface area contributed by atoms with Gasteiger partial charge in [-0.25, -0.2) is 9.59 Å². The number of aliphatic carboxylic acids is 2. The first-order chi connectivity index (χ1) is 16.8. The van der Waals surface area contributed by atoms with E-state index in [9.17, 15) is 14.4 Å². The Morgan fingerprint density at radius 1 is 0.914 bits per heavy atom. The summed E-state index contributed by atoms with van der Waals surface area (Å²) >= 11 is 0. The number of amides is 1. The van der Waals surface area contributed by atoms with Gasteiger partial charge in [0, 0.05) is 11.6 Å². The molecule has 0 heterocycles. The van der Waals surface area contributed by atoms with Gasteiger partial charge in [-0.15, -0.1) is 0 Å². The SMILES string of the molecule is O=C(O)/C=C/c1ccc(-c2ccc(OC(=O)NCC(=O)O)c(C34CC5CC(CC(C5)C3)C4)c2)cc1. The largest absolute Gasteiger partial charge is 0.480 e. The van der Waals surface area contributed by atoms with Crippen LogP contribution in [0.5, 0.6) is 5.75 Å². The van der Waals surface area contributed by atoms with E-state index in [1.165, 1.54) is 19.3 Å². The van der Waals surface area contributed by atoms with Crippen LogP contribution in [0.4, 0.5) is 4.79 Å². The second-order valence-electron chi connectivity index (χ2n) is 10.3. The second kappa shape index (κ2) is 9.21. The average Bonchev–Trinajstić information content (AvgIpc) is 2.81. The van der Waals surface area contributed by atoms with E-state index in [0.717, 1.165) is 47.6 Å². The Morgan fingerprint density at radius 2 is 1.51 bits per heavy atom. The first-order valence-electron chi connectivity index (χ1n) is 12.1. The third-order valence-corrected chi connectivity index (χ3v) is 7.84. The number of carbonyl (C=O) groups excluding carboxylic acids is 1. The zero-order valence-corrected chi connectivity index (χ0v) is 19.4. The molecule has 4 saturated carbocycles. The third-order valence-electron chi connectivity index (χ3n) is 7.84. The minimum absolute atomic E-state index is 0.0304. The molecule has 182 valence electrons. The van der Waals surface area contributed by atoms with Crippen LogP contribution in [0, 0.1) is 17.8 Å². The van der Waals surface area contributed by atoms with E-state index in [1.54, 1.807) is 6.08 Å². The van der Waals surface area contributed by atoms with Crippen molar-refractivity contribution in [3.63, 3.8) is 0 Å². The van der Waals surface area contributed by atoms with E-state index >= 15 is 0 Å². The van der Waals surface area contributed by atoms with Crippen LogP contribution in [0.25, 0.3) is 17.2 Å². The van der Waals surface area contributed by atoms with Crippen molar-refractivity contribution >= 4 is 24.1 Å². The molecule has 0 aliphatic heterocycles. The van der Waals surface area contributed by atoms with Crippen molar-refractivity contribution in [3.05, 3.63) is 59.7 Å². The van der Waals surface area contributed by atoms with Crippen LogP contribution in [0.3, 0.4) is 0 Å². The molecule has 0 unspecified atom stereocenters. The lowest BCUT2D eigenvalue weighted by Crippen LogP contribution is -2.48. The highest BCUT2D eigenvalue weighted by molar-refractivity contribution is 5.85. The summed E-state index contributed by atoms with van der Waals surface area (Å²) in [5.41, 5.74) is 3.80. The molecular formula is C28H29NO6. The number of rotatable bonds is 7. The van der Waals surface area contributed by atoms with Crippen molar-refractivity contribution in [1.29, 1.82) is 0 Å². The molecule has 35 heavy (non-hydrogen) atoms. The molecule has 2 aromatic rings. The summed E-state index contributed by atoms with van der Waals surface area (Å²) in [6.07, 6.45) is 9.05. The van der Waals surface area contributed by atoms with Crippen LogP contribution in [0.2, 0.25) is 0 Å². The Hall–Kier alpha value is -3.61. The zero-order valence-electron chi connectivity index (χ0n) is 19.4. The topological polar surface area (TPSA) is 113 Å². The van der Waals surface area contributed by atoms with Gasteiger partial charge < -0.3 is 20.3 Å². The average molecular weight is 476 g/mol. The molecule has 3 N–H and O–H groups in total. The highest BCUT2D eigenvalue weighted by Crippen LogP contribution is 2.62. The Morgan fingerprint density at radius 3 is 2.09 bits per heavy atom. The maximum atomic E-state index is 12.4. The van der Waals surface area contributed by atoms with Crippen LogP contribution in [-0.4, -0.2) is 34.8 Å². The van der Waals surface area contributed by atoms with Gasteiger partial charge in [0.2, 0.25) is 0 Å². The van der Waals surface area contributed by atoms with E-state index in [0.29, 0.717) is 23.5 Å². The summed E-state index contributed by atoms with van der Waals surface area (Å²) in [6.45, 7) is -0.494. The van der Waals surface area contributed by atoms with Gasteiger partial charge in [-0.05, 0) is 96.6 Å². The van der Waals surface area contributed by atoms with Crippen molar-refractivity contribution in [2.45, 2.75) is 43.9 Å². The summed E-state index contributed by atoms with van der Waals surface area (Å²) in [4.78, 5) is 34.0. The van der Waals surface area contributed by atoms with E-state index < -0.39 is 24.6 Å². The Bertz CT molecular complexity index is 1150. The molecule has 7 heteroatoms. The molecule has 2 aromatic carbocycles. The van der Waals surface area contributed by atoms with E-state index in [-0.39, 0.29) is 5.41 Å². The number of hydrogen-bond donors (Lipinski definition) is 3. The van der Waals surface area contributed by atoms with Crippen molar-refractivity contribution in [3.8, 4) is 16.9 Å². The molecule has 4 bridgehead atoms. The summed E-state index contributed by atoms with van der Waals surface area (Å²) in [5.74, 6) is 0.508. The standard InChI is InChI=1S/C28H29NO6/c30-25(31)8-3-17-1-4-21(5-2-17)22-6-7-24(35-27(34)29-16-26(32)33)23(12-22)28-13-18-9-19(14-28)11-20(10-18)15-28/h1-8,12,18-20H,9-11,13-16H2,(H,29,34)(H,30,31)(H,32,33)/b8-3+. The molecule has 6 rings (SSSR count). The van der Waals surface area contributed by atoms with Gasteiger partial charge in [0.05, 0.1) is 0 Å². The lowest BCUT2D eigenvalue weighted by atomic mass is 9.48. The fraction of sp³-hybridized carbons (Fsp3) is 0.393. The third kappa shape index (κ3) is 4.94. The van der Waals surface area contributed by atoms with Gasteiger partial charge >= 0.3 is 18.0 Å². The molecule has 4 fully saturated rings. The van der Waals surface area contributed by atoms with Gasteiger partial charge in [0.1, 0.15) is 12.3 Å². The van der Waals surface area contributed by atoms with Gasteiger partial charge in [0.25, 0.3) is 0 Å². The molecule has 4 aliphatic carbocycles. The zero-order chi connectivity index (χ0) is 24.6. The first kappa shape index (κ1) is 23.1. The number of carboxylic acid groups (broad SMARTS) is 2. The van der Waals surface area contributed by atoms with E-state index in [1.807, 2.05) is 36.4 Å². The van der Waals surface area contributed by atoms with Gasteiger partial charge in [-0.1, -0.05) is 30.3 Å². The van der Waals surface area contributed by atoms with Crippen LogP contribution < -0.4 is 10.1 Å². The number of nitrogens with one attached hydrogen (secondary N) is 1. The van der Waals surface area contributed by atoms with Gasteiger partial charge in [-0.3, -0.25) is 4.79 Å². The predicted molar refractivity (Wildman–Crippen MR) is 130 cm³/mol. The van der Waals surface area contributed by atoms with E-state index in [2.05, 4.69) is 11.4 Å². The van der Waals surface area contributed by atoms with Crippen molar-refractivity contribution in [2.24, 2.45) is 17.8 Å². The van der Waals surface area contributed by atoms with Crippen LogP contribution >= 0.6 is 0 Å². The second-order valence-corrected chi connectivity index (χ2v) is 10.3. The molecule has 7 nitrogen and oxygen atoms in total. The lowest BCUT2D eigenvalue weighted by molar-refractivity contribution is -0.136. The summed E-state index contributed by atoms with van der Waals surface area (Å²) in [5, 5.41) is 20.0. The van der Waals surface area contributed by atoms with Crippen molar-refractivity contribution < 1.29 is 29.3 Å². The Kier molecular flexibility index (Phi) is 6.09. The summed E-state index contributed by atoms with van der Waals surface area (Å²) in [6, 6.07) is 13.5. The summed E-state index contributed by atoms with van der Waals surface area (Å²) in [7, 11) is 0. The minimum atomic E-state index is -1.12. The smallest absolute Gasteiger partial charge is 0.413 e. The highest BCUT2D eigenvalue weighted by Gasteiger charge is 2.52. The predicted octanol–water partition coefficient (Wildman–Crippen LogP) is 5.09. The fourth-order valence-corrected chi connectivity index (χ4v) is 6.89. The minimum Gasteiger partial charge on any atom is -0.480 e. The fourth-order valence-electron chi connectivity index (χ4n) is 6.89. The lowest BCUT2D eigenvalue weighted by Gasteiger charge is -2.57. The van der Waals surface area contributed by atoms with Crippen molar-refractivity contribution in [2.75, 3.05) is 6.54 Å². The normalized spacial score (nSPS) is 26.6. The maximum Gasteiger partial charge on any atom is 0.413 e. The Balaban J connectivity index is 1.48. The molecule has 1 amide bonds. The first-order valence-corrected chi connectivity index (χ1v) is 12.1. The summed E-state index contributed by atoms with van der Waals surface area (Å²) < 4.78 is 5.67. The van der Waals surface area contributed by atoms with E-state index in [4.69, 9.17) is 14.9 Å². The molecule has 0 spiro atoms. The number of carbonyl (C=O) groups is 3. The van der Waals surface area contributed by atoms with Crippen LogP contribution in [-0.2, 0) is 15.0 Å². The van der Waals surface area contributed by atoms with Crippen LogP contribution in [0.15, 0.2) is 48.5 Å². The van der Waals surface area contributed by atoms with Crippen molar-refractivity contribution in [1.82, 2.24) is 5.32 Å². The molecular weight excluding hydrogens is 446 g/mol. The number of benzene rings is 2. The van der Waals surface area contributed by atoms with Crippen LogP contribution in [0.1, 0.15) is 49.7 Å². The highest BCUT2D eigenvalue weighted by atomic mass is 16.6. The molecule has 4 aliphatic rings. The maximum absolute atomic E-state index is 12.4. The van der Waals surface area contributed by atoms with Gasteiger partial charge in [-0.2, -0.15) is 0 Å². The molecule has 0 aromatic heterocycles. The Labute approximate surface area is 203 Å². The number of ether oxygens (including phenoxy) is 1. The number of carboxylic acids is 2.